The second-order valence-electron chi connectivity index (χ2n) is 14.8. The normalized spacial score (nSPS) is 17.7. The van der Waals surface area contributed by atoms with Gasteiger partial charge in [0, 0.05) is 87.1 Å². The Morgan fingerprint density at radius 3 is 1.28 bits per heavy atom. The van der Waals surface area contributed by atoms with Crippen molar-refractivity contribution in [3.8, 4) is 11.5 Å². The van der Waals surface area contributed by atoms with Gasteiger partial charge < -0.3 is 39.8 Å². The van der Waals surface area contributed by atoms with Crippen LogP contribution in [0.15, 0.2) is 46.2 Å². The second-order valence-corrected chi connectivity index (χ2v) is 14.8. The van der Waals surface area contributed by atoms with Gasteiger partial charge in [0.15, 0.2) is 10.9 Å². The molecular weight excluding hydrogens is 847 g/mol. The van der Waals surface area contributed by atoms with E-state index in [2.05, 4.69) is 10.6 Å². The molecule has 0 radical (unpaired) electrons. The van der Waals surface area contributed by atoms with Crippen molar-refractivity contribution in [2.24, 2.45) is 0 Å². The number of carbonyl (C=O) groups excluding carboxylic acids is 4. The van der Waals surface area contributed by atoms with Crippen molar-refractivity contribution in [2.75, 3.05) is 26.2 Å². The number of hydrogen-bond acceptors (Lipinski definition) is 8. The van der Waals surface area contributed by atoms with Crippen LogP contribution in [0, 0.1) is 34.9 Å². The number of rotatable bonds is 6. The molecule has 0 spiro atoms. The Balaban J connectivity index is 0.000000201. The molecule has 4 bridgehead atoms. The number of hydrogen-bond donors (Lipinski definition) is 2. The maximum atomic E-state index is 13.8. The molecule has 4 aromatic rings. The number of halogens is 6. The van der Waals surface area contributed by atoms with Crippen molar-refractivity contribution in [1.82, 2.24) is 29.6 Å². The first-order chi connectivity index (χ1) is 28.5. The molecule has 2 fully saturated rings. The molecule has 2 atom stereocenters. The van der Waals surface area contributed by atoms with Gasteiger partial charge in [-0.1, -0.05) is 0 Å². The minimum absolute atomic E-state index is 0. The Labute approximate surface area is 371 Å². The van der Waals surface area contributed by atoms with Crippen LogP contribution in [-0.4, -0.2) is 106 Å². The summed E-state index contributed by atoms with van der Waals surface area (Å²) >= 11 is 0. The summed E-state index contributed by atoms with van der Waals surface area (Å²) < 4.78 is 83.8. The summed E-state index contributed by atoms with van der Waals surface area (Å²) in [6, 6.07) is 1.39. The maximum Gasteiger partial charge on any atom is 2.00 e. The minimum atomic E-state index is -1.19. The van der Waals surface area contributed by atoms with E-state index in [4.69, 9.17) is 0 Å². The van der Waals surface area contributed by atoms with Gasteiger partial charge in [-0.25, -0.2) is 26.3 Å². The number of nitrogens with zero attached hydrogens (tertiary/aromatic N) is 4. The molecule has 8 rings (SSSR count). The average molecular weight is 881 g/mol. The number of benzene rings is 2. The molecule has 316 valence electrons. The SMILES string of the molecule is O=C(NCc1c(F)cc(F)cc1F)c1cn2c(c([O-])c1=O)C(=O)N1CCCC[C@H]2C1.O=C(NCc1c(F)cc(F)cc1F)c1cn2c(c([O-])c1=O)C(=O)N1CCCC[C@H]2C1.[Ca+2]. The van der Waals surface area contributed by atoms with E-state index in [1.165, 1.54) is 18.9 Å². The molecular formula is C40H34CaF6N6O8. The Kier molecular flexibility index (Phi) is 13.6. The number of aromatic nitrogens is 2. The largest absolute Gasteiger partial charge is 2.00 e. The molecule has 21 heteroatoms. The third-order valence-electron chi connectivity index (χ3n) is 11.0. The van der Waals surface area contributed by atoms with Crippen LogP contribution >= 0.6 is 0 Å². The van der Waals surface area contributed by atoms with Gasteiger partial charge in [-0.2, -0.15) is 0 Å². The number of pyridine rings is 2. The Hall–Kier alpha value is -5.34. The fourth-order valence-electron chi connectivity index (χ4n) is 7.90. The van der Waals surface area contributed by atoms with Gasteiger partial charge >= 0.3 is 37.7 Å². The van der Waals surface area contributed by atoms with Crippen LogP contribution in [0.25, 0.3) is 0 Å². The zero-order chi connectivity index (χ0) is 43.2. The summed E-state index contributed by atoms with van der Waals surface area (Å²) in [6.45, 7) is 0.451. The topological polar surface area (TPSA) is 189 Å². The van der Waals surface area contributed by atoms with Gasteiger partial charge in [0.05, 0.1) is 12.1 Å². The van der Waals surface area contributed by atoms with E-state index < -0.39 is 116 Å². The second kappa shape index (κ2) is 18.3. The van der Waals surface area contributed by atoms with Gasteiger partial charge in [-0.3, -0.25) is 28.8 Å². The summed E-state index contributed by atoms with van der Waals surface area (Å²) in [6.07, 6.45) is 6.86. The summed E-state index contributed by atoms with van der Waals surface area (Å²) in [5, 5.41) is 29.5. The molecule has 2 aromatic carbocycles. The van der Waals surface area contributed by atoms with Gasteiger partial charge in [0.1, 0.15) is 57.4 Å². The summed E-state index contributed by atoms with van der Waals surface area (Å²) in [5.41, 5.74) is -5.07. The van der Waals surface area contributed by atoms with E-state index in [1.54, 1.807) is 0 Å². The van der Waals surface area contributed by atoms with Crippen molar-refractivity contribution in [3.05, 3.63) is 126 Å². The van der Waals surface area contributed by atoms with Gasteiger partial charge in [0.2, 0.25) is 0 Å². The Morgan fingerprint density at radius 1 is 0.590 bits per heavy atom. The van der Waals surface area contributed by atoms with E-state index in [0.717, 1.165) is 38.1 Å². The van der Waals surface area contributed by atoms with Crippen LogP contribution in [0.5, 0.6) is 11.5 Å². The zero-order valence-corrected chi connectivity index (χ0v) is 34.3. The van der Waals surface area contributed by atoms with E-state index in [9.17, 15) is 65.3 Å². The third kappa shape index (κ3) is 8.88. The van der Waals surface area contributed by atoms with Crippen LogP contribution in [0.1, 0.15) is 103 Å². The predicted octanol–water partition coefficient (Wildman–Crippen LogP) is 2.52. The molecule has 4 aliphatic heterocycles. The minimum Gasteiger partial charge on any atom is -0.868 e. The van der Waals surface area contributed by atoms with Crippen molar-refractivity contribution in [3.63, 3.8) is 0 Å². The Bertz CT molecular complexity index is 2370. The number of amides is 4. The van der Waals surface area contributed by atoms with Crippen LogP contribution in [-0.2, 0) is 13.1 Å². The van der Waals surface area contributed by atoms with Gasteiger partial charge in [-0.05, 0) is 50.0 Å². The van der Waals surface area contributed by atoms with Gasteiger partial charge in [-0.15, -0.1) is 0 Å². The van der Waals surface area contributed by atoms with Crippen molar-refractivity contribution >= 4 is 61.4 Å². The van der Waals surface area contributed by atoms with E-state index in [-0.39, 0.29) is 61.2 Å². The molecule has 4 aliphatic rings. The Morgan fingerprint density at radius 2 is 0.934 bits per heavy atom. The number of nitrogens with one attached hydrogen (secondary N) is 2. The molecule has 6 heterocycles. The number of carbonyl (C=O) groups is 4. The molecule has 2 saturated heterocycles. The fraction of sp³-hybridized carbons (Fsp3) is 0.350. The van der Waals surface area contributed by atoms with Crippen molar-refractivity contribution in [1.29, 1.82) is 0 Å². The standard InChI is InChI=1S/2C20H18F3N3O4.Ca/c2*21-10-5-14(22)12(15(23)6-10)7-24-19(29)13-9-26-11-3-1-2-4-25(8-11)20(30)16(26)18(28)17(13)27;/h2*5-6,9,11,28H,1-4,7-8H2,(H,24,29);/q;;+2/p-2/t2*11-;/m00./s1. The smallest absolute Gasteiger partial charge is 0.868 e. The first-order valence-electron chi connectivity index (χ1n) is 18.9. The fourth-order valence-corrected chi connectivity index (χ4v) is 7.90. The molecule has 0 saturated carbocycles. The molecule has 2 N–H and O–H groups in total. The average Bonchev–Trinajstić information content (AvgIpc) is 3.56. The van der Waals surface area contributed by atoms with E-state index in [1.807, 2.05) is 0 Å². The van der Waals surface area contributed by atoms with E-state index in [0.29, 0.717) is 63.3 Å². The van der Waals surface area contributed by atoms with Crippen LogP contribution in [0.2, 0.25) is 0 Å². The van der Waals surface area contributed by atoms with Crippen LogP contribution in [0.4, 0.5) is 26.3 Å². The predicted molar refractivity (Wildman–Crippen MR) is 199 cm³/mol. The molecule has 4 amide bonds. The van der Waals surface area contributed by atoms with Crippen molar-refractivity contribution < 1.29 is 55.7 Å². The summed E-state index contributed by atoms with van der Waals surface area (Å²) in [7, 11) is 0. The zero-order valence-electron chi connectivity index (χ0n) is 32.1. The van der Waals surface area contributed by atoms with Crippen LogP contribution < -0.4 is 31.7 Å². The quantitative estimate of drug-likeness (QED) is 0.218. The third-order valence-corrected chi connectivity index (χ3v) is 11.0. The number of fused-ring (bicyclic) bond motifs is 8. The molecule has 14 nitrogen and oxygen atoms in total. The van der Waals surface area contributed by atoms with Gasteiger partial charge in [0.25, 0.3) is 23.6 Å². The molecule has 0 unspecified atom stereocenters. The first kappa shape index (κ1) is 45.2. The van der Waals surface area contributed by atoms with Crippen molar-refractivity contribution in [2.45, 2.75) is 63.7 Å². The molecule has 0 aliphatic carbocycles. The molecule has 61 heavy (non-hydrogen) atoms. The summed E-state index contributed by atoms with van der Waals surface area (Å²) in [4.78, 5) is 78.2. The van der Waals surface area contributed by atoms with E-state index >= 15 is 0 Å². The summed E-state index contributed by atoms with van der Waals surface area (Å²) in [5.74, 6) is -12.3. The maximum absolute atomic E-state index is 13.8. The van der Waals surface area contributed by atoms with Crippen LogP contribution in [0.3, 0.4) is 0 Å². The first-order valence-corrected chi connectivity index (χ1v) is 18.9. The molecule has 2 aromatic heterocycles. The monoisotopic (exact) mass is 880 g/mol.